The number of ether oxygens (including phenoxy) is 1. The van der Waals surface area contributed by atoms with E-state index in [-0.39, 0.29) is 0 Å². The number of nitriles is 1. The molecule has 1 saturated heterocycles. The van der Waals surface area contributed by atoms with Crippen molar-refractivity contribution in [2.45, 2.75) is 25.3 Å². The zero-order valence-corrected chi connectivity index (χ0v) is 19.4. The van der Waals surface area contributed by atoms with E-state index < -0.39 is 5.95 Å². The fourth-order valence-electron chi connectivity index (χ4n) is 4.60. The minimum Gasteiger partial charge on any atom is -0.490 e. The Kier molecular flexibility index (Phi) is 6.39. The van der Waals surface area contributed by atoms with Crippen LogP contribution in [0.5, 0.6) is 5.75 Å². The molecule has 0 atom stereocenters. The van der Waals surface area contributed by atoms with Crippen LogP contribution in [0.25, 0.3) is 11.1 Å². The Balaban J connectivity index is 1.45. The molecule has 5 rings (SSSR count). The summed E-state index contributed by atoms with van der Waals surface area (Å²) in [6.07, 6.45) is 8.56. The normalized spacial score (nSPS) is 14.1. The molecule has 0 saturated carbocycles. The molecule has 4 heterocycles. The highest BCUT2D eigenvalue weighted by atomic mass is 19.1. The highest BCUT2D eigenvalue weighted by Gasteiger charge is 2.28. The van der Waals surface area contributed by atoms with Crippen LogP contribution < -0.4 is 9.64 Å². The van der Waals surface area contributed by atoms with Crippen LogP contribution >= 0.6 is 0 Å². The van der Waals surface area contributed by atoms with Gasteiger partial charge in [-0.05, 0) is 43.2 Å². The number of hydrogen-bond acceptors (Lipinski definition) is 7. The lowest BCUT2D eigenvalue weighted by molar-refractivity contribution is 0.290. The lowest BCUT2D eigenvalue weighted by Gasteiger charge is -2.35. The highest BCUT2D eigenvalue weighted by Crippen LogP contribution is 2.41. The molecule has 0 bridgehead atoms. The number of aromatic nitrogens is 6. The molecule has 0 amide bonds. The molecule has 0 N–H and O–H groups in total. The molecule has 1 aliphatic heterocycles. The van der Waals surface area contributed by atoms with E-state index in [1.54, 1.807) is 29.3 Å². The predicted molar refractivity (Wildman–Crippen MR) is 127 cm³/mol. The van der Waals surface area contributed by atoms with Gasteiger partial charge in [0.05, 0.1) is 12.2 Å². The first-order valence-corrected chi connectivity index (χ1v) is 11.5. The topological polar surface area (TPSA) is 97.7 Å². The number of halogens is 1. The molecule has 3 aromatic heterocycles. The molecule has 0 unspecified atom stereocenters. The van der Waals surface area contributed by atoms with Gasteiger partial charge < -0.3 is 14.2 Å². The van der Waals surface area contributed by atoms with E-state index in [2.05, 4.69) is 31.2 Å². The summed E-state index contributed by atoms with van der Waals surface area (Å²) >= 11 is 0. The summed E-state index contributed by atoms with van der Waals surface area (Å²) in [6.45, 7) is 2.43. The second-order valence-corrected chi connectivity index (χ2v) is 8.50. The second kappa shape index (κ2) is 9.93. The molecule has 10 heteroatoms. The Morgan fingerprint density at radius 2 is 2.06 bits per heavy atom. The molecule has 1 fully saturated rings. The van der Waals surface area contributed by atoms with Gasteiger partial charge in [-0.2, -0.15) is 14.8 Å². The molecule has 4 aromatic rings. The van der Waals surface area contributed by atoms with Gasteiger partial charge in [0.15, 0.2) is 0 Å². The lowest BCUT2D eigenvalue weighted by atomic mass is 9.93. The predicted octanol–water partition coefficient (Wildman–Crippen LogP) is 3.55. The summed E-state index contributed by atoms with van der Waals surface area (Å²) in [5.41, 5.74) is 2.82. The standard InChI is InChI=1S/C25H25FN8O/c1-32-17-29-31-25(32)18-7-11-33(12-8-18)24-20(19-3-6-23(26)28-16-19)4-5-22(21(24)15-27)35-14-13-34-10-2-9-30-34/h2-6,9-10,16-18H,7-8,11-14H2,1H3. The minimum atomic E-state index is -0.543. The fraction of sp³-hybridized carbons (Fsp3) is 0.320. The molecular formula is C25H25FN8O. The number of benzene rings is 1. The maximum atomic E-state index is 13.5. The first-order chi connectivity index (χ1) is 17.1. The van der Waals surface area contributed by atoms with Crippen LogP contribution in [0.4, 0.5) is 10.1 Å². The van der Waals surface area contributed by atoms with Crippen molar-refractivity contribution in [1.82, 2.24) is 29.5 Å². The largest absolute Gasteiger partial charge is 0.490 e. The molecule has 0 spiro atoms. The van der Waals surface area contributed by atoms with Crippen molar-refractivity contribution in [3.05, 3.63) is 72.6 Å². The number of piperidine rings is 1. The van der Waals surface area contributed by atoms with E-state index >= 15 is 0 Å². The molecule has 0 aliphatic carbocycles. The quantitative estimate of drug-likeness (QED) is 0.380. The van der Waals surface area contributed by atoms with Gasteiger partial charge in [-0.15, -0.1) is 10.2 Å². The average Bonchev–Trinajstić information content (AvgIpc) is 3.56. The minimum absolute atomic E-state index is 0.300. The summed E-state index contributed by atoms with van der Waals surface area (Å²) in [5, 5.41) is 22.7. The number of nitrogens with zero attached hydrogens (tertiary/aromatic N) is 8. The summed E-state index contributed by atoms with van der Waals surface area (Å²) in [6, 6.07) is 11.0. The molecule has 9 nitrogen and oxygen atoms in total. The maximum Gasteiger partial charge on any atom is 0.212 e. The average molecular weight is 473 g/mol. The smallest absolute Gasteiger partial charge is 0.212 e. The number of rotatable bonds is 7. The van der Waals surface area contributed by atoms with Gasteiger partial charge >= 0.3 is 0 Å². The lowest BCUT2D eigenvalue weighted by Crippen LogP contribution is -2.34. The van der Waals surface area contributed by atoms with Crippen LogP contribution in [-0.4, -0.2) is 49.2 Å². The molecule has 1 aliphatic rings. The molecule has 0 radical (unpaired) electrons. The Hall–Kier alpha value is -4.26. The van der Waals surface area contributed by atoms with E-state index in [9.17, 15) is 9.65 Å². The number of anilines is 1. The molecule has 35 heavy (non-hydrogen) atoms. The van der Waals surface area contributed by atoms with Crippen molar-refractivity contribution < 1.29 is 9.13 Å². The van der Waals surface area contributed by atoms with E-state index in [0.717, 1.165) is 48.6 Å². The zero-order chi connectivity index (χ0) is 24.2. The van der Waals surface area contributed by atoms with Gasteiger partial charge in [0.25, 0.3) is 0 Å². The van der Waals surface area contributed by atoms with Crippen LogP contribution in [0.3, 0.4) is 0 Å². The monoisotopic (exact) mass is 472 g/mol. The van der Waals surface area contributed by atoms with Crippen molar-refractivity contribution >= 4 is 5.69 Å². The highest BCUT2D eigenvalue weighted by molar-refractivity contribution is 5.85. The van der Waals surface area contributed by atoms with Gasteiger partial charge in [0.1, 0.15) is 36.1 Å². The fourth-order valence-corrected chi connectivity index (χ4v) is 4.60. The summed E-state index contributed by atoms with van der Waals surface area (Å²) < 4.78 is 23.3. The first kappa shape index (κ1) is 22.5. The van der Waals surface area contributed by atoms with Crippen LogP contribution in [0.2, 0.25) is 0 Å². The van der Waals surface area contributed by atoms with E-state index in [4.69, 9.17) is 4.74 Å². The third-order valence-electron chi connectivity index (χ3n) is 6.35. The van der Waals surface area contributed by atoms with Gasteiger partial charge in [-0.3, -0.25) is 4.68 Å². The Labute approximate surface area is 202 Å². The molecule has 178 valence electrons. The van der Waals surface area contributed by atoms with Crippen LogP contribution in [0.15, 0.2) is 55.2 Å². The van der Waals surface area contributed by atoms with Crippen molar-refractivity contribution in [2.75, 3.05) is 24.6 Å². The third-order valence-corrected chi connectivity index (χ3v) is 6.35. The van der Waals surface area contributed by atoms with Crippen molar-refractivity contribution in [3.63, 3.8) is 0 Å². The van der Waals surface area contributed by atoms with Crippen molar-refractivity contribution in [3.8, 4) is 22.9 Å². The van der Waals surface area contributed by atoms with E-state index in [1.165, 1.54) is 12.3 Å². The number of pyridine rings is 1. The van der Waals surface area contributed by atoms with Gasteiger partial charge in [0.2, 0.25) is 5.95 Å². The van der Waals surface area contributed by atoms with Gasteiger partial charge in [-0.1, -0.05) is 0 Å². The Morgan fingerprint density at radius 1 is 1.20 bits per heavy atom. The van der Waals surface area contributed by atoms with Crippen LogP contribution in [0, 0.1) is 17.3 Å². The summed E-state index contributed by atoms with van der Waals surface area (Å²) in [7, 11) is 1.96. The first-order valence-electron chi connectivity index (χ1n) is 11.5. The van der Waals surface area contributed by atoms with Crippen molar-refractivity contribution in [1.29, 1.82) is 5.26 Å². The third kappa shape index (κ3) is 4.71. The zero-order valence-electron chi connectivity index (χ0n) is 19.4. The molecule has 1 aromatic carbocycles. The number of hydrogen-bond donors (Lipinski definition) is 0. The van der Waals surface area contributed by atoms with E-state index in [0.29, 0.717) is 30.4 Å². The van der Waals surface area contributed by atoms with E-state index in [1.807, 2.05) is 29.9 Å². The van der Waals surface area contributed by atoms with Crippen LogP contribution in [0.1, 0.15) is 30.1 Å². The molecular weight excluding hydrogens is 447 g/mol. The maximum absolute atomic E-state index is 13.5. The SMILES string of the molecule is Cn1cnnc1C1CCN(c2c(-c3ccc(F)nc3)ccc(OCCn3cccn3)c2C#N)CC1. The summed E-state index contributed by atoms with van der Waals surface area (Å²) in [4.78, 5) is 6.04. The van der Waals surface area contributed by atoms with Crippen LogP contribution in [-0.2, 0) is 13.6 Å². The van der Waals surface area contributed by atoms with Crippen molar-refractivity contribution in [2.24, 2.45) is 7.05 Å². The van der Waals surface area contributed by atoms with Gasteiger partial charge in [0, 0.05) is 55.8 Å². The number of aryl methyl sites for hydroxylation is 1. The summed E-state index contributed by atoms with van der Waals surface area (Å²) in [5.74, 6) is 1.25. The van der Waals surface area contributed by atoms with Gasteiger partial charge in [-0.25, -0.2) is 4.98 Å². The second-order valence-electron chi connectivity index (χ2n) is 8.50. The Morgan fingerprint density at radius 3 is 2.71 bits per heavy atom. The Bertz CT molecular complexity index is 1320.